The van der Waals surface area contributed by atoms with Gasteiger partial charge in [-0.1, -0.05) is 24.3 Å². The van der Waals surface area contributed by atoms with Crippen LogP contribution < -0.4 is 0 Å². The number of hydrogen-bond acceptors (Lipinski definition) is 4. The summed E-state index contributed by atoms with van der Waals surface area (Å²) in [5.74, 6) is 0.0557. The Balaban J connectivity index is 0.00000156. The summed E-state index contributed by atoms with van der Waals surface area (Å²) < 4.78 is 0. The molecule has 0 spiro atoms. The monoisotopic (exact) mass is 378 g/mol. The van der Waals surface area contributed by atoms with E-state index in [4.69, 9.17) is 0 Å². The van der Waals surface area contributed by atoms with Crippen molar-refractivity contribution in [3.63, 3.8) is 0 Å². The number of nitrogens with zero attached hydrogens (tertiary/aromatic N) is 4. The molecule has 0 saturated carbocycles. The van der Waals surface area contributed by atoms with Gasteiger partial charge in [0.2, 0.25) is 0 Å². The van der Waals surface area contributed by atoms with Crippen molar-refractivity contribution >= 4 is 30.7 Å². The molecule has 1 aliphatic heterocycles. The minimum absolute atomic E-state index is 0. The van der Waals surface area contributed by atoms with Crippen LogP contribution in [-0.4, -0.2) is 46.9 Å². The Bertz CT molecular complexity index is 698. The fourth-order valence-corrected chi connectivity index (χ4v) is 2.85. The average molecular weight is 379 g/mol. The van der Waals surface area contributed by atoms with E-state index in [1.165, 1.54) is 0 Å². The minimum Gasteiger partial charge on any atom is -0.336 e. The molecule has 1 atom stereocenters. The molecule has 0 bridgehead atoms. The number of pyridine rings is 1. The number of benzene rings is 1. The van der Waals surface area contributed by atoms with Crippen LogP contribution in [-0.2, 0) is 0 Å². The Labute approximate surface area is 160 Å². The fourth-order valence-electron chi connectivity index (χ4n) is 2.85. The minimum atomic E-state index is -0.308. The Kier molecular flexibility index (Phi) is 8.36. The van der Waals surface area contributed by atoms with Crippen LogP contribution >= 0.6 is 24.8 Å². The maximum absolute atomic E-state index is 12.4. The van der Waals surface area contributed by atoms with E-state index in [1.807, 2.05) is 47.4 Å². The van der Waals surface area contributed by atoms with Crippen molar-refractivity contribution in [1.82, 2.24) is 14.8 Å². The smallest absolute Gasteiger partial charge is 0.253 e. The summed E-state index contributed by atoms with van der Waals surface area (Å²) in [4.78, 5) is 20.5. The first-order valence-electron chi connectivity index (χ1n) is 7.67. The highest BCUT2D eigenvalue weighted by Crippen LogP contribution is 2.21. The van der Waals surface area contributed by atoms with Gasteiger partial charge in [-0.05, 0) is 18.2 Å². The van der Waals surface area contributed by atoms with E-state index in [9.17, 15) is 10.1 Å². The molecule has 2 aromatic rings. The van der Waals surface area contributed by atoms with E-state index < -0.39 is 0 Å². The summed E-state index contributed by atoms with van der Waals surface area (Å²) in [5, 5.41) is 9.48. The molecule has 1 saturated heterocycles. The van der Waals surface area contributed by atoms with Crippen LogP contribution in [0.5, 0.6) is 0 Å². The van der Waals surface area contributed by atoms with Crippen LogP contribution in [0.4, 0.5) is 0 Å². The summed E-state index contributed by atoms with van der Waals surface area (Å²) >= 11 is 0. The molecule has 7 heteroatoms. The Hall–Kier alpha value is -2.13. The van der Waals surface area contributed by atoms with E-state index in [-0.39, 0.29) is 36.8 Å². The second kappa shape index (κ2) is 10.00. The average Bonchev–Trinajstić information content (AvgIpc) is 2.64. The second-order valence-corrected chi connectivity index (χ2v) is 5.51. The zero-order valence-corrected chi connectivity index (χ0v) is 15.2. The van der Waals surface area contributed by atoms with Crippen LogP contribution in [0.3, 0.4) is 0 Å². The summed E-state index contributed by atoms with van der Waals surface area (Å²) in [6.07, 6.45) is 3.43. The van der Waals surface area contributed by atoms with Crippen LogP contribution in [0.25, 0.3) is 0 Å². The van der Waals surface area contributed by atoms with Gasteiger partial charge in [-0.2, -0.15) is 5.26 Å². The maximum atomic E-state index is 12.4. The van der Waals surface area contributed by atoms with Gasteiger partial charge in [-0.15, -0.1) is 24.8 Å². The van der Waals surface area contributed by atoms with Gasteiger partial charge >= 0.3 is 0 Å². The van der Waals surface area contributed by atoms with Crippen molar-refractivity contribution in [3.05, 3.63) is 66.0 Å². The normalized spacial score (nSPS) is 15.2. The molecule has 1 amide bonds. The van der Waals surface area contributed by atoms with Gasteiger partial charge < -0.3 is 4.90 Å². The third-order valence-electron chi connectivity index (χ3n) is 4.11. The number of halogens is 2. The molecule has 0 aliphatic carbocycles. The number of hydrogen-bond donors (Lipinski definition) is 0. The number of rotatable bonds is 3. The summed E-state index contributed by atoms with van der Waals surface area (Å²) in [7, 11) is 0. The lowest BCUT2D eigenvalue weighted by Crippen LogP contribution is -2.49. The third-order valence-corrected chi connectivity index (χ3v) is 4.11. The number of aromatic nitrogens is 1. The molecule has 1 fully saturated rings. The van der Waals surface area contributed by atoms with Crippen LogP contribution in [0, 0.1) is 11.3 Å². The van der Waals surface area contributed by atoms with Gasteiger partial charge in [0.05, 0.1) is 6.07 Å². The van der Waals surface area contributed by atoms with Gasteiger partial charge in [0, 0.05) is 49.7 Å². The standard InChI is InChI=1S/C18H18N4O.2ClH/c19-13-17(16-7-4-8-20-14-16)21-9-11-22(12-10-21)18(23)15-5-2-1-3-6-15;;/h1-8,14,17H,9-12H2;2*1H. The van der Waals surface area contributed by atoms with Crippen molar-refractivity contribution in [2.24, 2.45) is 0 Å². The lowest BCUT2D eigenvalue weighted by molar-refractivity contribution is 0.0606. The molecule has 132 valence electrons. The number of amides is 1. The molecular formula is C18H20Cl2N4O. The molecule has 0 N–H and O–H groups in total. The lowest BCUT2D eigenvalue weighted by Gasteiger charge is -2.37. The first kappa shape index (κ1) is 20.9. The van der Waals surface area contributed by atoms with Crippen LogP contribution in [0.2, 0.25) is 0 Å². The SMILES string of the molecule is Cl.Cl.N#CC(c1cccnc1)N1CCN(C(=O)c2ccccc2)CC1. The molecule has 25 heavy (non-hydrogen) atoms. The summed E-state index contributed by atoms with van der Waals surface area (Å²) in [5.41, 5.74) is 1.61. The third kappa shape index (κ3) is 4.93. The van der Waals surface area contributed by atoms with Gasteiger partial charge in [0.25, 0.3) is 5.91 Å². The zero-order valence-electron chi connectivity index (χ0n) is 13.6. The molecule has 1 unspecified atom stereocenters. The van der Waals surface area contributed by atoms with Crippen LogP contribution in [0.1, 0.15) is 22.0 Å². The fraction of sp³-hybridized carbons (Fsp3) is 0.278. The molecule has 0 radical (unpaired) electrons. The molecular weight excluding hydrogens is 359 g/mol. The largest absolute Gasteiger partial charge is 0.336 e. The zero-order chi connectivity index (χ0) is 16.1. The summed E-state index contributed by atoms with van der Waals surface area (Å²) in [6, 6.07) is 15.1. The molecule has 1 aliphatic rings. The first-order valence-corrected chi connectivity index (χ1v) is 7.67. The van der Waals surface area contributed by atoms with Crippen molar-refractivity contribution in [2.45, 2.75) is 6.04 Å². The van der Waals surface area contributed by atoms with Crippen molar-refractivity contribution in [1.29, 1.82) is 5.26 Å². The Morgan fingerprint density at radius 3 is 2.28 bits per heavy atom. The van der Waals surface area contributed by atoms with Gasteiger partial charge in [-0.3, -0.25) is 14.7 Å². The van der Waals surface area contributed by atoms with Crippen molar-refractivity contribution < 1.29 is 4.79 Å². The quantitative estimate of drug-likeness (QED) is 0.823. The highest BCUT2D eigenvalue weighted by atomic mass is 35.5. The van der Waals surface area contributed by atoms with E-state index in [1.54, 1.807) is 12.4 Å². The predicted molar refractivity (Wildman–Crippen MR) is 101 cm³/mol. The van der Waals surface area contributed by atoms with E-state index in [0.29, 0.717) is 31.7 Å². The van der Waals surface area contributed by atoms with E-state index in [2.05, 4.69) is 16.0 Å². The number of carbonyl (C=O) groups is 1. The first-order chi connectivity index (χ1) is 11.3. The lowest BCUT2D eigenvalue weighted by atomic mass is 10.1. The van der Waals surface area contributed by atoms with Crippen molar-refractivity contribution in [3.8, 4) is 6.07 Å². The van der Waals surface area contributed by atoms with Gasteiger partial charge in [-0.25, -0.2) is 0 Å². The highest BCUT2D eigenvalue weighted by molar-refractivity contribution is 5.94. The topological polar surface area (TPSA) is 60.2 Å². The second-order valence-electron chi connectivity index (χ2n) is 5.51. The number of nitriles is 1. The van der Waals surface area contributed by atoms with Gasteiger partial charge in [0.1, 0.15) is 6.04 Å². The predicted octanol–water partition coefficient (Wildman–Crippen LogP) is 2.95. The molecule has 2 heterocycles. The Morgan fingerprint density at radius 1 is 1.04 bits per heavy atom. The summed E-state index contributed by atoms with van der Waals surface area (Å²) in [6.45, 7) is 2.63. The van der Waals surface area contributed by atoms with Gasteiger partial charge in [0.15, 0.2) is 0 Å². The van der Waals surface area contributed by atoms with E-state index >= 15 is 0 Å². The number of carbonyl (C=O) groups excluding carboxylic acids is 1. The molecule has 1 aromatic heterocycles. The molecule has 3 rings (SSSR count). The Morgan fingerprint density at radius 2 is 1.72 bits per heavy atom. The highest BCUT2D eigenvalue weighted by Gasteiger charge is 2.27. The number of piperazine rings is 1. The molecule has 5 nitrogen and oxygen atoms in total. The van der Waals surface area contributed by atoms with Crippen LogP contribution in [0.15, 0.2) is 54.9 Å². The molecule has 1 aromatic carbocycles. The maximum Gasteiger partial charge on any atom is 0.253 e. The van der Waals surface area contributed by atoms with Crippen molar-refractivity contribution in [2.75, 3.05) is 26.2 Å². The van der Waals surface area contributed by atoms with E-state index in [0.717, 1.165) is 5.56 Å².